The summed E-state index contributed by atoms with van der Waals surface area (Å²) in [6.45, 7) is 4.05. The zero-order valence-corrected chi connectivity index (χ0v) is 21.6. The number of hydrogen-bond acceptors (Lipinski definition) is 5. The summed E-state index contributed by atoms with van der Waals surface area (Å²) in [4.78, 5) is 15.4. The van der Waals surface area contributed by atoms with E-state index in [1.165, 1.54) is 25.3 Å². The average molecular weight is 504 g/mol. The Morgan fingerprint density at radius 3 is 2.58 bits per heavy atom. The van der Waals surface area contributed by atoms with Crippen molar-refractivity contribution in [1.82, 2.24) is 9.47 Å². The number of rotatable bonds is 13. The number of carbonyl (C=O) groups excluding carboxylic acids is 1. The van der Waals surface area contributed by atoms with Crippen molar-refractivity contribution in [3.05, 3.63) is 35.8 Å². The van der Waals surface area contributed by atoms with Crippen LogP contribution in [0.4, 0.5) is 4.39 Å². The molecule has 1 aromatic carbocycles. The predicted octanol–water partition coefficient (Wildman–Crippen LogP) is 3.90. The molecule has 1 aliphatic heterocycles. The topological polar surface area (TPSA) is 79.0 Å². The Balaban J connectivity index is 1.38. The fourth-order valence-electron chi connectivity index (χ4n) is 5.79. The highest BCUT2D eigenvalue weighted by molar-refractivity contribution is 5.85. The lowest BCUT2D eigenvalue weighted by atomic mass is 9.83. The van der Waals surface area contributed by atoms with Crippen molar-refractivity contribution in [3.63, 3.8) is 0 Å². The van der Waals surface area contributed by atoms with Gasteiger partial charge < -0.3 is 29.4 Å². The van der Waals surface area contributed by atoms with E-state index in [2.05, 4.69) is 10.8 Å². The van der Waals surface area contributed by atoms with Gasteiger partial charge in [0, 0.05) is 37.8 Å². The van der Waals surface area contributed by atoms with Gasteiger partial charge >= 0.3 is 0 Å². The first-order valence-corrected chi connectivity index (χ1v) is 13.6. The van der Waals surface area contributed by atoms with Crippen LogP contribution in [0.25, 0.3) is 10.9 Å². The molecule has 2 unspecified atom stereocenters. The second-order valence-corrected chi connectivity index (χ2v) is 10.2. The Morgan fingerprint density at radius 2 is 1.81 bits per heavy atom. The number of likely N-dealkylation sites (tertiary alicyclic amines) is 1. The number of fused-ring (bicyclic) bond motifs is 1. The minimum atomic E-state index is -0.392. The molecule has 0 spiro atoms. The molecule has 7 nitrogen and oxygen atoms in total. The van der Waals surface area contributed by atoms with Crippen LogP contribution >= 0.6 is 0 Å². The fraction of sp³-hybridized carbons (Fsp3) is 0.679. The van der Waals surface area contributed by atoms with Gasteiger partial charge in [0.15, 0.2) is 0 Å². The van der Waals surface area contributed by atoms with Gasteiger partial charge in [0.25, 0.3) is 0 Å². The highest BCUT2D eigenvalue weighted by Gasteiger charge is 2.35. The molecule has 1 saturated heterocycles. The van der Waals surface area contributed by atoms with Crippen LogP contribution < -0.4 is 5.73 Å². The molecule has 0 bridgehead atoms. The Hall–Kier alpha value is -2.00. The van der Waals surface area contributed by atoms with Gasteiger partial charge in [-0.25, -0.2) is 4.39 Å². The van der Waals surface area contributed by atoms with E-state index in [9.17, 15) is 9.18 Å². The van der Waals surface area contributed by atoms with Crippen molar-refractivity contribution in [2.24, 2.45) is 11.7 Å². The second kappa shape index (κ2) is 13.5. The maximum absolute atomic E-state index is 14.1. The number of nitrogens with zero attached hydrogens (tertiary/aromatic N) is 2. The molecule has 36 heavy (non-hydrogen) atoms. The lowest BCUT2D eigenvalue weighted by Gasteiger charge is -2.32. The molecule has 4 rings (SSSR count). The number of amides is 1. The molecule has 200 valence electrons. The smallest absolute Gasteiger partial charge is 0.240 e. The standard InChI is InChI=1S/C28H42FN3O4/c1-34-14-15-36-17-16-35-13-12-31-20-22(25-10-9-23(29)19-26(25)31)18-24-8-5-11-32(24)28(33)27(30)21-6-3-2-4-7-21/h9-10,19-21,24,27H,2-8,11-18,30H2,1H3. The molecule has 2 fully saturated rings. The van der Waals surface area contributed by atoms with E-state index >= 15 is 0 Å². The van der Waals surface area contributed by atoms with Gasteiger partial charge in [-0.2, -0.15) is 0 Å². The largest absolute Gasteiger partial charge is 0.382 e. The Morgan fingerprint density at radius 1 is 1.06 bits per heavy atom. The monoisotopic (exact) mass is 503 g/mol. The highest BCUT2D eigenvalue weighted by atomic mass is 19.1. The lowest BCUT2D eigenvalue weighted by Crippen LogP contribution is -2.50. The normalized spacial score (nSPS) is 19.9. The third-order valence-corrected chi connectivity index (χ3v) is 7.77. The van der Waals surface area contributed by atoms with E-state index in [-0.39, 0.29) is 17.8 Å². The molecule has 1 saturated carbocycles. The number of carbonyl (C=O) groups is 1. The van der Waals surface area contributed by atoms with Crippen molar-refractivity contribution in [2.75, 3.05) is 46.7 Å². The number of methoxy groups -OCH3 is 1. The van der Waals surface area contributed by atoms with Crippen LogP contribution in [-0.2, 0) is 32.0 Å². The molecular weight excluding hydrogens is 461 g/mol. The van der Waals surface area contributed by atoms with Gasteiger partial charge in [-0.1, -0.05) is 19.3 Å². The summed E-state index contributed by atoms with van der Waals surface area (Å²) in [7, 11) is 1.65. The lowest BCUT2D eigenvalue weighted by molar-refractivity contribution is -0.135. The molecule has 1 aromatic heterocycles. The zero-order chi connectivity index (χ0) is 25.3. The predicted molar refractivity (Wildman–Crippen MR) is 138 cm³/mol. The maximum atomic E-state index is 14.1. The van der Waals surface area contributed by atoms with Crippen LogP contribution in [0.2, 0.25) is 0 Å². The van der Waals surface area contributed by atoms with Crippen LogP contribution in [0, 0.1) is 11.7 Å². The van der Waals surface area contributed by atoms with E-state index in [1.54, 1.807) is 13.2 Å². The van der Waals surface area contributed by atoms with Crippen molar-refractivity contribution in [3.8, 4) is 0 Å². The third kappa shape index (κ3) is 6.85. The van der Waals surface area contributed by atoms with Gasteiger partial charge in [-0.15, -0.1) is 0 Å². The first-order chi connectivity index (χ1) is 17.6. The number of nitrogens with two attached hydrogens (primary N) is 1. The van der Waals surface area contributed by atoms with E-state index in [4.69, 9.17) is 19.9 Å². The molecular formula is C28H42FN3O4. The second-order valence-electron chi connectivity index (χ2n) is 10.2. The number of hydrogen-bond donors (Lipinski definition) is 1. The Labute approximate surface area is 214 Å². The van der Waals surface area contributed by atoms with E-state index < -0.39 is 6.04 Å². The quantitative estimate of drug-likeness (QED) is 0.420. The summed E-state index contributed by atoms with van der Waals surface area (Å²) in [5, 5.41) is 1.04. The first-order valence-electron chi connectivity index (χ1n) is 13.6. The van der Waals surface area contributed by atoms with Crippen molar-refractivity contribution >= 4 is 16.8 Å². The van der Waals surface area contributed by atoms with Gasteiger partial charge in [-0.3, -0.25) is 4.79 Å². The zero-order valence-electron chi connectivity index (χ0n) is 21.6. The summed E-state index contributed by atoms with van der Waals surface area (Å²) in [6, 6.07) is 4.70. The summed E-state index contributed by atoms with van der Waals surface area (Å²) >= 11 is 0. The molecule has 2 heterocycles. The van der Waals surface area contributed by atoms with Crippen molar-refractivity contribution < 1.29 is 23.4 Å². The molecule has 2 atom stereocenters. The number of benzene rings is 1. The summed E-state index contributed by atoms with van der Waals surface area (Å²) in [5.41, 5.74) is 8.49. The first kappa shape index (κ1) is 27.0. The minimum absolute atomic E-state index is 0.111. The van der Waals surface area contributed by atoms with E-state index in [0.29, 0.717) is 45.5 Å². The molecule has 1 aliphatic carbocycles. The molecule has 2 N–H and O–H groups in total. The van der Waals surface area contributed by atoms with Gasteiger partial charge in [0.05, 0.1) is 44.6 Å². The van der Waals surface area contributed by atoms with Crippen molar-refractivity contribution in [1.29, 1.82) is 0 Å². The molecule has 1 amide bonds. The fourth-order valence-corrected chi connectivity index (χ4v) is 5.79. The van der Waals surface area contributed by atoms with Gasteiger partial charge in [0.1, 0.15) is 5.82 Å². The SMILES string of the molecule is COCCOCCOCCn1cc(CC2CCCN2C(=O)C(N)C2CCCCC2)c2ccc(F)cc21. The number of aromatic nitrogens is 1. The van der Waals surface area contributed by atoms with Gasteiger partial charge in [0.2, 0.25) is 5.91 Å². The molecule has 2 aromatic rings. The van der Waals surface area contributed by atoms with E-state index in [1.807, 2.05) is 11.0 Å². The molecule has 0 radical (unpaired) electrons. The Bertz CT molecular complexity index is 975. The summed E-state index contributed by atoms with van der Waals surface area (Å²) in [5.74, 6) is 0.167. The van der Waals surface area contributed by atoms with E-state index in [0.717, 1.165) is 55.1 Å². The van der Waals surface area contributed by atoms with Crippen LogP contribution in [0.5, 0.6) is 0 Å². The van der Waals surface area contributed by atoms with Crippen LogP contribution in [0.3, 0.4) is 0 Å². The number of halogens is 1. The van der Waals surface area contributed by atoms with Crippen molar-refractivity contribution in [2.45, 2.75) is 70.0 Å². The van der Waals surface area contributed by atoms with Gasteiger partial charge in [-0.05, 0) is 61.8 Å². The summed E-state index contributed by atoms with van der Waals surface area (Å²) < 4.78 is 32.3. The van der Waals surface area contributed by atoms with Crippen LogP contribution in [-0.4, -0.2) is 74.1 Å². The minimum Gasteiger partial charge on any atom is -0.382 e. The summed E-state index contributed by atoms with van der Waals surface area (Å²) in [6.07, 6.45) is 10.6. The Kier molecular flexibility index (Phi) is 10.2. The third-order valence-electron chi connectivity index (χ3n) is 7.77. The number of ether oxygens (including phenoxy) is 3. The van der Waals surface area contributed by atoms with Crippen LogP contribution in [0.1, 0.15) is 50.5 Å². The molecule has 2 aliphatic rings. The average Bonchev–Trinajstić information content (AvgIpc) is 3.50. The highest BCUT2D eigenvalue weighted by Crippen LogP contribution is 2.31. The van der Waals surface area contributed by atoms with Crippen LogP contribution in [0.15, 0.2) is 24.4 Å². The maximum Gasteiger partial charge on any atom is 0.240 e. The molecule has 8 heteroatoms.